The zero-order valence-corrected chi connectivity index (χ0v) is 13.4. The van der Waals surface area contributed by atoms with E-state index in [0.29, 0.717) is 18.9 Å². The van der Waals surface area contributed by atoms with Crippen LogP contribution in [-0.4, -0.2) is 29.1 Å². The standard InChI is InChI=1S/C18H27NO2/c1-4-18(17(20)21)9-10-19(13-18)12-16-7-5-15(6-8-16)11-14(2)3/h5-8,14H,4,9-13H2,1-3H3,(H,20,21). The Hall–Kier alpha value is -1.35. The van der Waals surface area contributed by atoms with Gasteiger partial charge in [-0.25, -0.2) is 0 Å². The zero-order valence-electron chi connectivity index (χ0n) is 13.4. The third-order valence-electron chi connectivity index (χ3n) is 4.64. The van der Waals surface area contributed by atoms with E-state index >= 15 is 0 Å². The Labute approximate surface area is 128 Å². The van der Waals surface area contributed by atoms with Gasteiger partial charge in [0.1, 0.15) is 0 Å². The van der Waals surface area contributed by atoms with Gasteiger partial charge in [-0.1, -0.05) is 45.0 Å². The maximum absolute atomic E-state index is 11.5. The Morgan fingerprint density at radius 2 is 1.90 bits per heavy atom. The van der Waals surface area contributed by atoms with Crippen LogP contribution in [0.2, 0.25) is 0 Å². The number of carboxylic acid groups (broad SMARTS) is 1. The molecule has 0 radical (unpaired) electrons. The highest BCUT2D eigenvalue weighted by Gasteiger charge is 2.42. The summed E-state index contributed by atoms with van der Waals surface area (Å²) in [4.78, 5) is 13.7. The van der Waals surface area contributed by atoms with Gasteiger partial charge in [-0.15, -0.1) is 0 Å². The second-order valence-electron chi connectivity index (χ2n) is 6.81. The minimum atomic E-state index is -0.639. The second-order valence-corrected chi connectivity index (χ2v) is 6.81. The smallest absolute Gasteiger partial charge is 0.310 e. The van der Waals surface area contributed by atoms with Gasteiger partial charge in [0, 0.05) is 13.1 Å². The summed E-state index contributed by atoms with van der Waals surface area (Å²) in [6.45, 7) is 8.86. The molecule has 2 rings (SSSR count). The average molecular weight is 289 g/mol. The van der Waals surface area contributed by atoms with Crippen molar-refractivity contribution in [1.29, 1.82) is 0 Å². The van der Waals surface area contributed by atoms with E-state index in [0.717, 1.165) is 25.9 Å². The molecule has 0 aromatic heterocycles. The summed E-state index contributed by atoms with van der Waals surface area (Å²) >= 11 is 0. The number of benzene rings is 1. The molecule has 0 spiro atoms. The van der Waals surface area contributed by atoms with Gasteiger partial charge in [-0.05, 0) is 42.9 Å². The van der Waals surface area contributed by atoms with Crippen molar-refractivity contribution in [3.63, 3.8) is 0 Å². The van der Waals surface area contributed by atoms with Crippen molar-refractivity contribution in [2.24, 2.45) is 11.3 Å². The molecule has 1 aromatic carbocycles. The summed E-state index contributed by atoms with van der Waals surface area (Å²) < 4.78 is 0. The summed E-state index contributed by atoms with van der Waals surface area (Å²) in [5, 5.41) is 9.44. The van der Waals surface area contributed by atoms with Gasteiger partial charge >= 0.3 is 5.97 Å². The quantitative estimate of drug-likeness (QED) is 0.870. The van der Waals surface area contributed by atoms with Crippen LogP contribution in [-0.2, 0) is 17.8 Å². The first kappa shape index (κ1) is 16.0. The summed E-state index contributed by atoms with van der Waals surface area (Å²) in [6.07, 6.45) is 2.60. The second kappa shape index (κ2) is 6.61. The molecule has 1 saturated heterocycles. The Balaban J connectivity index is 1.95. The first-order chi connectivity index (χ1) is 9.95. The van der Waals surface area contributed by atoms with E-state index in [1.54, 1.807) is 0 Å². The van der Waals surface area contributed by atoms with Crippen LogP contribution in [0.15, 0.2) is 24.3 Å². The van der Waals surface area contributed by atoms with E-state index in [2.05, 4.69) is 43.0 Å². The number of likely N-dealkylation sites (tertiary alicyclic amines) is 1. The van der Waals surface area contributed by atoms with Crippen molar-refractivity contribution in [3.8, 4) is 0 Å². The number of hydrogen-bond acceptors (Lipinski definition) is 2. The van der Waals surface area contributed by atoms with Crippen molar-refractivity contribution in [2.45, 2.75) is 46.6 Å². The van der Waals surface area contributed by atoms with Gasteiger partial charge in [0.25, 0.3) is 0 Å². The molecule has 0 aliphatic carbocycles. The van der Waals surface area contributed by atoms with Crippen LogP contribution in [0.5, 0.6) is 0 Å². The molecule has 0 amide bonds. The van der Waals surface area contributed by atoms with Crippen LogP contribution >= 0.6 is 0 Å². The third kappa shape index (κ3) is 3.85. The van der Waals surface area contributed by atoms with E-state index in [1.807, 2.05) is 6.92 Å². The van der Waals surface area contributed by atoms with Gasteiger partial charge in [-0.2, -0.15) is 0 Å². The molecule has 1 heterocycles. The molecule has 0 bridgehead atoms. The number of carboxylic acids is 1. The molecular weight excluding hydrogens is 262 g/mol. The van der Waals surface area contributed by atoms with Crippen molar-refractivity contribution >= 4 is 5.97 Å². The van der Waals surface area contributed by atoms with E-state index in [4.69, 9.17) is 0 Å². The average Bonchev–Trinajstić information content (AvgIpc) is 2.85. The molecule has 1 aliphatic heterocycles. The van der Waals surface area contributed by atoms with Crippen molar-refractivity contribution < 1.29 is 9.90 Å². The summed E-state index contributed by atoms with van der Waals surface area (Å²) in [5.74, 6) is 0.0370. The molecule has 1 unspecified atom stereocenters. The largest absolute Gasteiger partial charge is 0.481 e. The minimum Gasteiger partial charge on any atom is -0.481 e. The summed E-state index contributed by atoms with van der Waals surface area (Å²) in [6, 6.07) is 8.78. The normalized spacial score (nSPS) is 22.9. The predicted molar refractivity (Wildman–Crippen MR) is 85.2 cm³/mol. The van der Waals surface area contributed by atoms with E-state index in [1.165, 1.54) is 11.1 Å². The van der Waals surface area contributed by atoms with Crippen LogP contribution in [0.25, 0.3) is 0 Å². The zero-order chi connectivity index (χ0) is 15.5. The predicted octanol–water partition coefficient (Wildman–Crippen LogP) is 3.57. The number of hydrogen-bond donors (Lipinski definition) is 1. The van der Waals surface area contributed by atoms with Crippen LogP contribution in [0, 0.1) is 11.3 Å². The molecule has 1 fully saturated rings. The summed E-state index contributed by atoms with van der Waals surface area (Å²) in [5.41, 5.74) is 2.13. The van der Waals surface area contributed by atoms with Crippen LogP contribution < -0.4 is 0 Å². The molecule has 3 heteroatoms. The highest BCUT2D eigenvalue weighted by molar-refractivity contribution is 5.75. The molecule has 1 aromatic rings. The Bertz CT molecular complexity index is 480. The van der Waals surface area contributed by atoms with E-state index in [-0.39, 0.29) is 0 Å². The minimum absolute atomic E-state index is 0.530. The fraction of sp³-hybridized carbons (Fsp3) is 0.611. The van der Waals surface area contributed by atoms with Gasteiger partial charge in [0.2, 0.25) is 0 Å². The Kier molecular flexibility index (Phi) is 5.04. The van der Waals surface area contributed by atoms with E-state index < -0.39 is 11.4 Å². The number of nitrogens with zero attached hydrogens (tertiary/aromatic N) is 1. The van der Waals surface area contributed by atoms with Crippen molar-refractivity contribution in [2.75, 3.05) is 13.1 Å². The molecule has 21 heavy (non-hydrogen) atoms. The van der Waals surface area contributed by atoms with Crippen LogP contribution in [0.3, 0.4) is 0 Å². The molecule has 0 saturated carbocycles. The molecule has 1 N–H and O–H groups in total. The Morgan fingerprint density at radius 1 is 1.29 bits per heavy atom. The van der Waals surface area contributed by atoms with Gasteiger partial charge in [0.05, 0.1) is 5.41 Å². The molecule has 1 atom stereocenters. The number of rotatable bonds is 6. The fourth-order valence-corrected chi connectivity index (χ4v) is 3.22. The third-order valence-corrected chi connectivity index (χ3v) is 4.64. The van der Waals surface area contributed by atoms with Gasteiger partial charge in [-0.3, -0.25) is 9.69 Å². The molecule has 116 valence electrons. The highest BCUT2D eigenvalue weighted by atomic mass is 16.4. The first-order valence-corrected chi connectivity index (χ1v) is 7.99. The fourth-order valence-electron chi connectivity index (χ4n) is 3.22. The van der Waals surface area contributed by atoms with Crippen LogP contribution in [0.4, 0.5) is 0 Å². The topological polar surface area (TPSA) is 40.5 Å². The lowest BCUT2D eigenvalue weighted by molar-refractivity contribution is -0.148. The Morgan fingerprint density at radius 3 is 2.38 bits per heavy atom. The lowest BCUT2D eigenvalue weighted by Gasteiger charge is -2.23. The highest BCUT2D eigenvalue weighted by Crippen LogP contribution is 2.34. The molecule has 3 nitrogen and oxygen atoms in total. The van der Waals surface area contributed by atoms with E-state index in [9.17, 15) is 9.90 Å². The SMILES string of the molecule is CCC1(C(=O)O)CCN(Cc2ccc(CC(C)C)cc2)C1. The maximum Gasteiger partial charge on any atom is 0.310 e. The molecular formula is C18H27NO2. The van der Waals surface area contributed by atoms with Gasteiger partial charge in [0.15, 0.2) is 0 Å². The monoisotopic (exact) mass is 289 g/mol. The van der Waals surface area contributed by atoms with Crippen LogP contribution in [0.1, 0.15) is 44.7 Å². The maximum atomic E-state index is 11.5. The van der Waals surface area contributed by atoms with Crippen molar-refractivity contribution in [3.05, 3.63) is 35.4 Å². The molecule has 1 aliphatic rings. The van der Waals surface area contributed by atoms with Crippen molar-refractivity contribution in [1.82, 2.24) is 4.90 Å². The summed E-state index contributed by atoms with van der Waals surface area (Å²) in [7, 11) is 0. The first-order valence-electron chi connectivity index (χ1n) is 7.99. The number of carbonyl (C=O) groups is 1. The van der Waals surface area contributed by atoms with Gasteiger partial charge < -0.3 is 5.11 Å². The lowest BCUT2D eigenvalue weighted by atomic mass is 9.84. The lowest BCUT2D eigenvalue weighted by Crippen LogP contribution is -2.33. The number of aliphatic carboxylic acids is 1.